The molecule has 1 aromatic heterocycles. The van der Waals surface area contributed by atoms with Crippen molar-refractivity contribution in [2.24, 2.45) is 0 Å². The zero-order valence-corrected chi connectivity index (χ0v) is 22.6. The number of aromatic nitrogens is 1. The zero-order valence-electron chi connectivity index (χ0n) is 22.6. The Labute approximate surface area is 242 Å². The number of nitriles is 1. The first kappa shape index (κ1) is 24.1. The number of hydrogen-bond donors (Lipinski definition) is 0. The number of para-hydroxylation sites is 2. The fraction of sp³-hybridized carbons (Fsp3) is 0. The highest BCUT2D eigenvalue weighted by molar-refractivity contribution is 6.21. The minimum atomic E-state index is -0.507. The van der Waals surface area contributed by atoms with E-state index in [0.29, 0.717) is 0 Å². The number of fused-ring (bicyclic) bond motifs is 5. The molecule has 0 saturated carbocycles. The van der Waals surface area contributed by atoms with Crippen LogP contribution in [-0.4, -0.2) is 4.57 Å². The Morgan fingerprint density at radius 2 is 0.905 bits per heavy atom. The van der Waals surface area contributed by atoms with Crippen LogP contribution in [0.25, 0.3) is 71.3 Å². The molecule has 3 heteroatoms. The second kappa shape index (κ2) is 9.44. The highest BCUT2D eigenvalue weighted by Gasteiger charge is 2.18. The molecule has 196 valence electrons. The van der Waals surface area contributed by atoms with Crippen molar-refractivity contribution in [1.82, 2.24) is 4.57 Å². The Morgan fingerprint density at radius 1 is 0.476 bits per heavy atom. The molecule has 0 saturated heterocycles. The van der Waals surface area contributed by atoms with Gasteiger partial charge in [0.15, 0.2) is 0 Å². The molecule has 1 heterocycles. The zero-order chi connectivity index (χ0) is 28.2. The number of rotatable bonds is 3. The van der Waals surface area contributed by atoms with Gasteiger partial charge in [-0.3, -0.25) is 0 Å². The van der Waals surface area contributed by atoms with Gasteiger partial charge in [0.2, 0.25) is 0 Å². The topological polar surface area (TPSA) is 28.7 Å². The molecule has 8 aromatic rings. The van der Waals surface area contributed by atoms with Crippen LogP contribution in [0.3, 0.4) is 0 Å². The van der Waals surface area contributed by atoms with Crippen LogP contribution in [0, 0.1) is 17.1 Å². The summed E-state index contributed by atoms with van der Waals surface area (Å²) in [5.41, 5.74) is 7.50. The third kappa shape index (κ3) is 3.56. The van der Waals surface area contributed by atoms with E-state index in [0.717, 1.165) is 49.5 Å². The van der Waals surface area contributed by atoms with E-state index < -0.39 is 5.82 Å². The van der Waals surface area contributed by atoms with E-state index in [1.54, 1.807) is 6.07 Å². The largest absolute Gasteiger partial charge is 0.309 e. The van der Waals surface area contributed by atoms with Gasteiger partial charge in [-0.15, -0.1) is 0 Å². The lowest BCUT2D eigenvalue weighted by Crippen LogP contribution is -1.95. The minimum absolute atomic E-state index is 0.0484. The molecule has 0 spiro atoms. The van der Waals surface area contributed by atoms with E-state index >= 15 is 0 Å². The van der Waals surface area contributed by atoms with E-state index in [2.05, 4.69) is 114 Å². The summed E-state index contributed by atoms with van der Waals surface area (Å²) in [5, 5.41) is 16.0. The van der Waals surface area contributed by atoms with Gasteiger partial charge in [-0.1, -0.05) is 103 Å². The van der Waals surface area contributed by atoms with E-state index in [4.69, 9.17) is 0 Å². The molecule has 8 rings (SSSR count). The number of benzene rings is 7. The molecule has 0 amide bonds. The van der Waals surface area contributed by atoms with Crippen LogP contribution >= 0.6 is 0 Å². The predicted octanol–water partition coefficient (Wildman–Crippen LogP) is 10.4. The van der Waals surface area contributed by atoms with Crippen molar-refractivity contribution >= 4 is 43.4 Å². The van der Waals surface area contributed by atoms with Gasteiger partial charge >= 0.3 is 0 Å². The highest BCUT2D eigenvalue weighted by Crippen LogP contribution is 2.44. The van der Waals surface area contributed by atoms with Crippen molar-refractivity contribution in [3.63, 3.8) is 0 Å². The lowest BCUT2D eigenvalue weighted by atomic mass is 9.86. The first-order chi connectivity index (χ1) is 20.7. The maximum atomic E-state index is 14.8. The lowest BCUT2D eigenvalue weighted by molar-refractivity contribution is 0.624. The Hall–Kier alpha value is -5.72. The van der Waals surface area contributed by atoms with Crippen molar-refractivity contribution in [1.29, 1.82) is 5.26 Å². The molecule has 0 aliphatic heterocycles. The highest BCUT2D eigenvalue weighted by atomic mass is 19.1. The van der Waals surface area contributed by atoms with E-state index in [1.165, 1.54) is 27.9 Å². The van der Waals surface area contributed by atoms with Gasteiger partial charge in [0, 0.05) is 16.5 Å². The van der Waals surface area contributed by atoms with Crippen LogP contribution < -0.4 is 0 Å². The molecule has 0 aliphatic carbocycles. The van der Waals surface area contributed by atoms with Crippen molar-refractivity contribution in [3.05, 3.63) is 151 Å². The van der Waals surface area contributed by atoms with Crippen LogP contribution in [0.15, 0.2) is 140 Å². The average molecular weight is 539 g/mol. The van der Waals surface area contributed by atoms with Crippen molar-refractivity contribution < 1.29 is 4.39 Å². The molecule has 0 unspecified atom stereocenters. The van der Waals surface area contributed by atoms with E-state index in [9.17, 15) is 9.65 Å². The fourth-order valence-electron chi connectivity index (χ4n) is 6.49. The summed E-state index contributed by atoms with van der Waals surface area (Å²) < 4.78 is 17.1. The van der Waals surface area contributed by atoms with Gasteiger partial charge < -0.3 is 4.57 Å². The first-order valence-electron chi connectivity index (χ1n) is 14.0. The summed E-state index contributed by atoms with van der Waals surface area (Å²) >= 11 is 0. The molecule has 0 aliphatic rings. The van der Waals surface area contributed by atoms with Crippen molar-refractivity contribution in [2.75, 3.05) is 0 Å². The van der Waals surface area contributed by atoms with Gasteiger partial charge in [-0.2, -0.15) is 5.26 Å². The van der Waals surface area contributed by atoms with Crippen molar-refractivity contribution in [3.8, 4) is 34.0 Å². The number of hydrogen-bond acceptors (Lipinski definition) is 1. The van der Waals surface area contributed by atoms with Crippen LogP contribution in [0.4, 0.5) is 4.39 Å². The summed E-state index contributed by atoms with van der Waals surface area (Å²) in [6, 6.07) is 49.3. The van der Waals surface area contributed by atoms with E-state index in [-0.39, 0.29) is 5.56 Å². The normalized spacial score (nSPS) is 11.4. The Balaban J connectivity index is 1.36. The van der Waals surface area contributed by atoms with Gasteiger partial charge in [0.05, 0.1) is 16.6 Å². The molecule has 0 fully saturated rings. The lowest BCUT2D eigenvalue weighted by Gasteiger charge is -2.18. The van der Waals surface area contributed by atoms with Gasteiger partial charge in [-0.05, 0) is 80.2 Å². The Morgan fingerprint density at radius 3 is 1.38 bits per heavy atom. The first-order valence-corrected chi connectivity index (χ1v) is 14.0. The second-order valence-electron chi connectivity index (χ2n) is 10.6. The molecule has 0 atom stereocenters. The van der Waals surface area contributed by atoms with Gasteiger partial charge in [0.25, 0.3) is 0 Å². The van der Waals surface area contributed by atoms with Gasteiger partial charge in [-0.25, -0.2) is 4.39 Å². The fourth-order valence-corrected chi connectivity index (χ4v) is 6.49. The molecule has 2 nitrogen and oxygen atoms in total. The number of nitrogens with zero attached hydrogens (tertiary/aromatic N) is 2. The van der Waals surface area contributed by atoms with Crippen LogP contribution in [0.1, 0.15) is 5.56 Å². The maximum absolute atomic E-state index is 14.8. The van der Waals surface area contributed by atoms with Crippen molar-refractivity contribution in [2.45, 2.75) is 0 Å². The monoisotopic (exact) mass is 538 g/mol. The van der Waals surface area contributed by atoms with Crippen LogP contribution in [0.2, 0.25) is 0 Å². The Bertz CT molecular complexity index is 2260. The minimum Gasteiger partial charge on any atom is -0.309 e. The summed E-state index contributed by atoms with van der Waals surface area (Å²) in [6.45, 7) is 0. The molecule has 0 bridgehead atoms. The summed E-state index contributed by atoms with van der Waals surface area (Å²) in [7, 11) is 0. The molecule has 7 aromatic carbocycles. The van der Waals surface area contributed by atoms with Crippen LogP contribution in [-0.2, 0) is 0 Å². The smallest absolute Gasteiger partial charge is 0.141 e. The summed E-state index contributed by atoms with van der Waals surface area (Å²) in [6.07, 6.45) is 0. The maximum Gasteiger partial charge on any atom is 0.141 e. The van der Waals surface area contributed by atoms with Gasteiger partial charge in [0.1, 0.15) is 11.9 Å². The molecule has 0 N–H and O–H groups in total. The average Bonchev–Trinajstić information content (AvgIpc) is 3.38. The number of halogens is 1. The third-order valence-electron chi connectivity index (χ3n) is 8.30. The molecular formula is C39H23FN2. The standard InChI is InChI=1S/C39H23FN2/c40-35-23-26(17-18-27(35)24-41)39-33-13-3-1-11-31(33)38(32-12-2-4-14-34(32)39)25-19-21-28(22-20-25)42-36-15-7-5-9-29(36)30-10-6-8-16-37(30)42/h1-23H. The second-order valence-corrected chi connectivity index (χ2v) is 10.6. The summed E-state index contributed by atoms with van der Waals surface area (Å²) in [5.74, 6) is -0.507. The molecule has 0 radical (unpaired) electrons. The summed E-state index contributed by atoms with van der Waals surface area (Å²) in [4.78, 5) is 0. The SMILES string of the molecule is N#Cc1ccc(-c2c3ccccc3c(-c3ccc(-n4c5ccccc5c5ccccc54)cc3)c3ccccc23)cc1F. The molecule has 42 heavy (non-hydrogen) atoms. The molecular weight excluding hydrogens is 515 g/mol. The predicted molar refractivity (Wildman–Crippen MR) is 171 cm³/mol. The van der Waals surface area contributed by atoms with E-state index in [1.807, 2.05) is 24.3 Å². The van der Waals surface area contributed by atoms with Crippen LogP contribution in [0.5, 0.6) is 0 Å². The third-order valence-corrected chi connectivity index (χ3v) is 8.30. The quantitative estimate of drug-likeness (QED) is 0.206. The Kier molecular flexibility index (Phi) is 5.42.